The lowest BCUT2D eigenvalue weighted by molar-refractivity contribution is 0.0971. The molecule has 5 nitrogen and oxygen atoms in total. The van der Waals surface area contributed by atoms with Gasteiger partial charge in [0.1, 0.15) is 17.1 Å². The fraction of sp³-hybridized carbons (Fsp3) is 0.0833. The highest BCUT2D eigenvalue weighted by atomic mass is 35.5. The summed E-state index contributed by atoms with van der Waals surface area (Å²) in [6, 6.07) is 14.5. The molecule has 32 heavy (non-hydrogen) atoms. The summed E-state index contributed by atoms with van der Waals surface area (Å²) in [5, 5.41) is 0.866. The van der Waals surface area contributed by atoms with E-state index in [4.69, 9.17) is 32.4 Å². The van der Waals surface area contributed by atoms with E-state index in [1.54, 1.807) is 42.5 Å². The first-order valence-electron chi connectivity index (χ1n) is 9.58. The van der Waals surface area contributed by atoms with Gasteiger partial charge in [-0.1, -0.05) is 35.3 Å². The number of anilines is 1. The van der Waals surface area contributed by atoms with Gasteiger partial charge in [-0.25, -0.2) is 4.39 Å². The van der Waals surface area contributed by atoms with Crippen LogP contribution in [0.1, 0.15) is 27.7 Å². The molecule has 1 aliphatic heterocycles. The maximum absolute atomic E-state index is 13.9. The topological polar surface area (TPSA) is 59.8 Å². The average molecular weight is 470 g/mol. The fourth-order valence-corrected chi connectivity index (χ4v) is 4.35. The van der Waals surface area contributed by atoms with Crippen molar-refractivity contribution in [2.24, 2.45) is 0 Å². The standard InChI is InChI=1S/C24H14Cl2FNO4/c1-31-19-9-7-15(11-17(19)26)28-21(12-2-4-13(25)5-3-12)20-22(29)16-10-14(27)6-8-18(16)32-23(20)24(28)30/h2-11,21H,1H3. The third-order valence-corrected chi connectivity index (χ3v) is 5.98. The summed E-state index contributed by atoms with van der Waals surface area (Å²) in [6.45, 7) is 0. The van der Waals surface area contributed by atoms with Crippen molar-refractivity contribution in [3.63, 3.8) is 0 Å². The van der Waals surface area contributed by atoms with Crippen LogP contribution in [-0.2, 0) is 0 Å². The Labute approximate surface area is 191 Å². The van der Waals surface area contributed by atoms with Crippen LogP contribution in [-0.4, -0.2) is 13.0 Å². The van der Waals surface area contributed by atoms with E-state index in [-0.39, 0.29) is 22.3 Å². The lowest BCUT2D eigenvalue weighted by atomic mass is 9.98. The van der Waals surface area contributed by atoms with Crippen LogP contribution in [0.15, 0.2) is 69.9 Å². The number of fused-ring (bicyclic) bond motifs is 2. The molecule has 1 atom stereocenters. The van der Waals surface area contributed by atoms with E-state index in [2.05, 4.69) is 0 Å². The van der Waals surface area contributed by atoms with Gasteiger partial charge in [-0.3, -0.25) is 14.5 Å². The van der Waals surface area contributed by atoms with E-state index in [1.807, 2.05) is 0 Å². The van der Waals surface area contributed by atoms with Gasteiger partial charge in [-0.15, -0.1) is 0 Å². The Morgan fingerprint density at radius 1 is 1.00 bits per heavy atom. The molecular weight excluding hydrogens is 456 g/mol. The Hall–Kier alpha value is -3.35. The van der Waals surface area contributed by atoms with Crippen molar-refractivity contribution in [3.05, 3.63) is 104 Å². The first-order chi connectivity index (χ1) is 15.4. The van der Waals surface area contributed by atoms with Gasteiger partial charge < -0.3 is 9.15 Å². The number of hydrogen-bond donors (Lipinski definition) is 0. The lowest BCUT2D eigenvalue weighted by Crippen LogP contribution is -2.29. The van der Waals surface area contributed by atoms with E-state index < -0.39 is 23.2 Å². The van der Waals surface area contributed by atoms with Crippen LogP contribution >= 0.6 is 23.2 Å². The lowest BCUT2D eigenvalue weighted by Gasteiger charge is -2.25. The van der Waals surface area contributed by atoms with Gasteiger partial charge in [0, 0.05) is 10.7 Å². The molecule has 1 amide bonds. The largest absolute Gasteiger partial charge is 0.495 e. The summed E-state index contributed by atoms with van der Waals surface area (Å²) in [6.07, 6.45) is 0. The molecular formula is C24H14Cl2FNO4. The smallest absolute Gasteiger partial charge is 0.295 e. The van der Waals surface area contributed by atoms with Crippen LogP contribution in [0.3, 0.4) is 0 Å². The molecule has 1 aliphatic rings. The Bertz CT molecular complexity index is 1450. The molecule has 0 saturated heterocycles. The van der Waals surface area contributed by atoms with E-state index in [0.29, 0.717) is 27.0 Å². The van der Waals surface area contributed by atoms with Crippen LogP contribution in [0.25, 0.3) is 11.0 Å². The minimum absolute atomic E-state index is 0.0603. The highest BCUT2D eigenvalue weighted by molar-refractivity contribution is 6.32. The number of carbonyl (C=O) groups excluding carboxylic acids is 1. The van der Waals surface area contributed by atoms with Gasteiger partial charge in [0.2, 0.25) is 5.76 Å². The van der Waals surface area contributed by atoms with E-state index in [1.165, 1.54) is 24.1 Å². The molecule has 5 rings (SSSR count). The molecule has 0 saturated carbocycles. The number of carbonyl (C=O) groups is 1. The first kappa shape index (κ1) is 20.5. The van der Waals surface area contributed by atoms with Crippen molar-refractivity contribution in [1.29, 1.82) is 0 Å². The second-order valence-corrected chi connectivity index (χ2v) is 8.11. The number of methoxy groups -OCH3 is 1. The van der Waals surface area contributed by atoms with Gasteiger partial charge in [0.05, 0.1) is 29.1 Å². The molecule has 0 radical (unpaired) electrons. The molecule has 160 valence electrons. The second kappa shape index (κ2) is 7.65. The van der Waals surface area contributed by atoms with Crippen molar-refractivity contribution in [3.8, 4) is 5.75 Å². The fourth-order valence-electron chi connectivity index (χ4n) is 3.98. The number of benzene rings is 3. The Balaban J connectivity index is 1.80. The highest BCUT2D eigenvalue weighted by Crippen LogP contribution is 2.43. The molecule has 0 fully saturated rings. The van der Waals surface area contributed by atoms with Crippen molar-refractivity contribution in [2.45, 2.75) is 6.04 Å². The van der Waals surface area contributed by atoms with Crippen LogP contribution in [0.2, 0.25) is 10.0 Å². The SMILES string of the molecule is COc1ccc(N2C(=O)c3oc4ccc(F)cc4c(=O)c3C2c2ccc(Cl)cc2)cc1Cl. The molecule has 3 aromatic carbocycles. The summed E-state index contributed by atoms with van der Waals surface area (Å²) in [5.74, 6) is -0.737. The van der Waals surface area contributed by atoms with Gasteiger partial charge in [0.25, 0.3) is 5.91 Å². The Kier molecular flexibility index (Phi) is 4.92. The number of ether oxygens (including phenoxy) is 1. The second-order valence-electron chi connectivity index (χ2n) is 7.26. The minimum Gasteiger partial charge on any atom is -0.495 e. The molecule has 0 spiro atoms. The summed E-state index contributed by atoms with van der Waals surface area (Å²) in [4.78, 5) is 28.4. The zero-order valence-electron chi connectivity index (χ0n) is 16.6. The number of hydrogen-bond acceptors (Lipinski definition) is 4. The predicted molar refractivity (Wildman–Crippen MR) is 121 cm³/mol. The van der Waals surface area contributed by atoms with Gasteiger partial charge in [-0.05, 0) is 54.1 Å². The predicted octanol–water partition coefficient (Wildman–Crippen LogP) is 6.00. The monoisotopic (exact) mass is 469 g/mol. The van der Waals surface area contributed by atoms with Gasteiger partial charge in [0.15, 0.2) is 5.43 Å². The molecule has 0 aliphatic carbocycles. The van der Waals surface area contributed by atoms with E-state index >= 15 is 0 Å². The molecule has 1 aromatic heterocycles. The maximum Gasteiger partial charge on any atom is 0.295 e. The van der Waals surface area contributed by atoms with Crippen LogP contribution in [0, 0.1) is 5.82 Å². The molecule has 0 N–H and O–H groups in total. The van der Waals surface area contributed by atoms with Crippen molar-refractivity contribution >= 4 is 45.8 Å². The van der Waals surface area contributed by atoms with Crippen molar-refractivity contribution < 1.29 is 18.3 Å². The zero-order valence-corrected chi connectivity index (χ0v) is 18.1. The summed E-state index contributed by atoms with van der Waals surface area (Å²) < 4.78 is 24.9. The molecule has 2 heterocycles. The number of amides is 1. The van der Waals surface area contributed by atoms with E-state index in [0.717, 1.165) is 6.07 Å². The molecule has 1 unspecified atom stereocenters. The third-order valence-electron chi connectivity index (χ3n) is 5.43. The van der Waals surface area contributed by atoms with Crippen molar-refractivity contribution in [2.75, 3.05) is 12.0 Å². The van der Waals surface area contributed by atoms with Crippen LogP contribution in [0.5, 0.6) is 5.75 Å². The number of rotatable bonds is 3. The van der Waals surface area contributed by atoms with E-state index in [9.17, 15) is 14.0 Å². The Morgan fingerprint density at radius 2 is 1.75 bits per heavy atom. The maximum atomic E-state index is 13.9. The van der Waals surface area contributed by atoms with Crippen molar-refractivity contribution in [1.82, 2.24) is 0 Å². The average Bonchev–Trinajstić information content (AvgIpc) is 3.07. The number of halogens is 3. The summed E-state index contributed by atoms with van der Waals surface area (Å²) in [7, 11) is 1.49. The summed E-state index contributed by atoms with van der Waals surface area (Å²) >= 11 is 12.4. The minimum atomic E-state index is -0.817. The van der Waals surface area contributed by atoms with Crippen LogP contribution in [0.4, 0.5) is 10.1 Å². The van der Waals surface area contributed by atoms with Crippen LogP contribution < -0.4 is 15.1 Å². The summed E-state index contributed by atoms with van der Waals surface area (Å²) in [5.41, 5.74) is 0.866. The zero-order chi connectivity index (χ0) is 22.6. The van der Waals surface area contributed by atoms with Gasteiger partial charge in [-0.2, -0.15) is 0 Å². The van der Waals surface area contributed by atoms with Gasteiger partial charge >= 0.3 is 0 Å². The number of nitrogens with zero attached hydrogens (tertiary/aromatic N) is 1. The molecule has 4 aromatic rings. The quantitative estimate of drug-likeness (QED) is 0.369. The highest BCUT2D eigenvalue weighted by Gasteiger charge is 2.43. The molecule has 8 heteroatoms. The third kappa shape index (κ3) is 3.15. The normalized spacial score (nSPS) is 15.3. The Morgan fingerprint density at radius 3 is 2.44 bits per heavy atom. The first-order valence-corrected chi connectivity index (χ1v) is 10.3. The molecule has 0 bridgehead atoms.